The van der Waals surface area contributed by atoms with E-state index in [9.17, 15) is 0 Å². The second-order valence-corrected chi connectivity index (χ2v) is 11.8. The van der Waals surface area contributed by atoms with Gasteiger partial charge in [0, 0.05) is 39.8 Å². The summed E-state index contributed by atoms with van der Waals surface area (Å²) < 4.78 is 0. The predicted octanol–water partition coefficient (Wildman–Crippen LogP) is 8.75. The summed E-state index contributed by atoms with van der Waals surface area (Å²) in [5.41, 5.74) is 5.71. The van der Waals surface area contributed by atoms with Crippen molar-refractivity contribution in [3.05, 3.63) is 150 Å². The molecule has 208 valence electrons. The lowest BCUT2D eigenvalue weighted by Gasteiger charge is -2.32. The number of para-hydroxylation sites is 1. The highest BCUT2D eigenvalue weighted by atomic mass is 15.2. The van der Waals surface area contributed by atoms with Crippen molar-refractivity contribution >= 4 is 33.3 Å². The fraction of sp³-hybridized carbons (Fsp3) is 0.154. The standard InChI is InChI=1S/C39H32N4/c1-39(34-22-21-27-9-3-5-11-32(27)25-34)42-37(41-38(43-39)33-20-15-26-8-2-4-10-31(26)24-33)30-18-16-28(17-19-30)35-14-6-12-29-13-7-23-40-36(29)35/h2-3,5-9,11-26,31H,4,10H2,1H3,(H,41,42,43). The predicted molar refractivity (Wildman–Crippen MR) is 178 cm³/mol. The number of hydrogen-bond acceptors (Lipinski definition) is 4. The van der Waals surface area contributed by atoms with Gasteiger partial charge in [-0.15, -0.1) is 0 Å². The molecule has 4 heteroatoms. The third kappa shape index (κ3) is 4.69. The van der Waals surface area contributed by atoms with E-state index in [-0.39, 0.29) is 0 Å². The summed E-state index contributed by atoms with van der Waals surface area (Å²) >= 11 is 0. The van der Waals surface area contributed by atoms with E-state index in [1.54, 1.807) is 0 Å². The Hall–Kier alpha value is -5.09. The quantitative estimate of drug-likeness (QED) is 0.225. The Bertz CT molecular complexity index is 2020. The van der Waals surface area contributed by atoms with Gasteiger partial charge in [0.2, 0.25) is 0 Å². The average Bonchev–Trinajstić information content (AvgIpc) is 3.07. The Kier molecular flexibility index (Phi) is 6.15. The Morgan fingerprint density at radius 3 is 2.44 bits per heavy atom. The van der Waals surface area contributed by atoms with Gasteiger partial charge in [0.15, 0.2) is 5.66 Å². The van der Waals surface area contributed by atoms with Crippen LogP contribution >= 0.6 is 0 Å². The van der Waals surface area contributed by atoms with Gasteiger partial charge < -0.3 is 5.32 Å². The average molecular weight is 557 g/mol. The smallest absolute Gasteiger partial charge is 0.177 e. The first-order chi connectivity index (χ1) is 21.1. The molecule has 0 fully saturated rings. The lowest BCUT2D eigenvalue weighted by atomic mass is 9.79. The van der Waals surface area contributed by atoms with Crippen molar-refractivity contribution in [1.29, 1.82) is 0 Å². The van der Waals surface area contributed by atoms with Crippen LogP contribution in [0.3, 0.4) is 0 Å². The highest BCUT2D eigenvalue weighted by Gasteiger charge is 2.33. The maximum Gasteiger partial charge on any atom is 0.177 e. The molecule has 0 spiro atoms. The van der Waals surface area contributed by atoms with Crippen LogP contribution in [0, 0.1) is 11.8 Å². The molecule has 4 nitrogen and oxygen atoms in total. The molecule has 1 N–H and O–H groups in total. The number of allylic oxidation sites excluding steroid dienone is 4. The Balaban J connectivity index is 1.21. The van der Waals surface area contributed by atoms with Crippen molar-refractivity contribution in [1.82, 2.24) is 10.3 Å². The minimum atomic E-state index is -0.782. The molecule has 0 bridgehead atoms. The molecule has 2 heterocycles. The van der Waals surface area contributed by atoms with Gasteiger partial charge in [-0.2, -0.15) is 0 Å². The van der Waals surface area contributed by atoms with E-state index in [2.05, 4.69) is 139 Å². The zero-order valence-electron chi connectivity index (χ0n) is 24.1. The monoisotopic (exact) mass is 556 g/mol. The summed E-state index contributed by atoms with van der Waals surface area (Å²) in [5, 5.41) is 7.18. The molecular formula is C39H32N4. The van der Waals surface area contributed by atoms with Gasteiger partial charge in [-0.05, 0) is 54.2 Å². The Morgan fingerprint density at radius 2 is 1.53 bits per heavy atom. The fourth-order valence-corrected chi connectivity index (χ4v) is 6.60. The number of amidine groups is 2. The molecule has 0 saturated carbocycles. The molecule has 0 amide bonds. The molecule has 5 aromatic rings. The highest BCUT2D eigenvalue weighted by molar-refractivity contribution is 6.17. The van der Waals surface area contributed by atoms with Gasteiger partial charge in [-0.3, -0.25) is 4.98 Å². The minimum absolute atomic E-state index is 0.470. The molecule has 0 radical (unpaired) electrons. The van der Waals surface area contributed by atoms with Crippen LogP contribution in [0.1, 0.15) is 30.9 Å². The molecule has 3 unspecified atom stereocenters. The first-order valence-electron chi connectivity index (χ1n) is 15.1. The SMILES string of the molecule is CC1(c2ccc3ccccc3c2)N=C(C2=CC3CCC=CC3C=C2)NC(c2ccc(-c3cccc4cccnc34)cc2)=N1. The first kappa shape index (κ1) is 25.6. The van der Waals surface area contributed by atoms with Crippen LogP contribution in [-0.4, -0.2) is 16.7 Å². The number of aliphatic imine (C=N–C) groups is 2. The summed E-state index contributed by atoms with van der Waals surface area (Å²) in [6, 6.07) is 34.1. The summed E-state index contributed by atoms with van der Waals surface area (Å²) in [7, 11) is 0. The van der Waals surface area contributed by atoms with Crippen molar-refractivity contribution in [2.24, 2.45) is 21.8 Å². The zero-order chi connectivity index (χ0) is 28.8. The number of aromatic nitrogens is 1. The first-order valence-corrected chi connectivity index (χ1v) is 15.1. The molecule has 0 saturated heterocycles. The maximum absolute atomic E-state index is 5.30. The maximum atomic E-state index is 5.30. The van der Waals surface area contributed by atoms with E-state index in [1.165, 1.54) is 10.8 Å². The normalized spacial score (nSPS) is 22.9. The number of fused-ring (bicyclic) bond motifs is 3. The molecule has 8 rings (SSSR count). The van der Waals surface area contributed by atoms with Crippen LogP contribution in [0.4, 0.5) is 0 Å². The van der Waals surface area contributed by atoms with Crippen molar-refractivity contribution in [2.75, 3.05) is 0 Å². The molecule has 2 aliphatic carbocycles. The minimum Gasteiger partial charge on any atom is -0.324 e. The molecule has 3 atom stereocenters. The summed E-state index contributed by atoms with van der Waals surface area (Å²) in [6.45, 7) is 2.12. The lowest BCUT2D eigenvalue weighted by Crippen LogP contribution is -2.41. The van der Waals surface area contributed by atoms with Crippen LogP contribution < -0.4 is 5.32 Å². The van der Waals surface area contributed by atoms with Crippen LogP contribution in [0.5, 0.6) is 0 Å². The van der Waals surface area contributed by atoms with E-state index in [0.29, 0.717) is 11.8 Å². The number of hydrogen-bond donors (Lipinski definition) is 1. The molecule has 3 aliphatic rings. The van der Waals surface area contributed by atoms with Gasteiger partial charge in [0.1, 0.15) is 11.7 Å². The van der Waals surface area contributed by atoms with E-state index >= 15 is 0 Å². The van der Waals surface area contributed by atoms with Crippen molar-refractivity contribution < 1.29 is 0 Å². The molecule has 1 aromatic heterocycles. The number of rotatable bonds is 4. The second kappa shape index (κ2) is 10.3. The van der Waals surface area contributed by atoms with Crippen molar-refractivity contribution in [2.45, 2.75) is 25.4 Å². The third-order valence-electron chi connectivity index (χ3n) is 8.98. The number of nitrogens with zero attached hydrogens (tertiary/aromatic N) is 3. The summed E-state index contributed by atoms with van der Waals surface area (Å²) in [6.07, 6.45) is 15.7. The third-order valence-corrected chi connectivity index (χ3v) is 8.98. The van der Waals surface area contributed by atoms with Crippen LogP contribution in [0.2, 0.25) is 0 Å². The van der Waals surface area contributed by atoms with E-state index in [4.69, 9.17) is 9.98 Å². The Morgan fingerprint density at radius 1 is 0.744 bits per heavy atom. The van der Waals surface area contributed by atoms with Crippen LogP contribution in [0.25, 0.3) is 32.8 Å². The fourth-order valence-electron chi connectivity index (χ4n) is 6.60. The van der Waals surface area contributed by atoms with Crippen molar-refractivity contribution in [3.8, 4) is 11.1 Å². The summed E-state index contributed by atoms with van der Waals surface area (Å²) in [4.78, 5) is 15.2. The number of pyridine rings is 1. The highest BCUT2D eigenvalue weighted by Crippen LogP contribution is 2.36. The van der Waals surface area contributed by atoms with Gasteiger partial charge in [-0.25, -0.2) is 9.98 Å². The molecule has 4 aromatic carbocycles. The summed E-state index contributed by atoms with van der Waals surface area (Å²) in [5.74, 6) is 2.66. The number of benzene rings is 4. The van der Waals surface area contributed by atoms with E-state index in [0.717, 1.165) is 63.2 Å². The van der Waals surface area contributed by atoms with Gasteiger partial charge in [-0.1, -0.05) is 115 Å². The van der Waals surface area contributed by atoms with E-state index < -0.39 is 5.66 Å². The molecule has 1 aliphatic heterocycles. The topological polar surface area (TPSA) is 49.6 Å². The molecular weight excluding hydrogens is 524 g/mol. The van der Waals surface area contributed by atoms with Crippen molar-refractivity contribution in [3.63, 3.8) is 0 Å². The number of nitrogens with one attached hydrogen (secondary N) is 1. The largest absolute Gasteiger partial charge is 0.324 e. The van der Waals surface area contributed by atoms with Crippen LogP contribution in [-0.2, 0) is 5.66 Å². The van der Waals surface area contributed by atoms with Gasteiger partial charge in [0.25, 0.3) is 0 Å². The van der Waals surface area contributed by atoms with Crippen LogP contribution in [0.15, 0.2) is 149 Å². The van der Waals surface area contributed by atoms with Gasteiger partial charge >= 0.3 is 0 Å². The van der Waals surface area contributed by atoms with Gasteiger partial charge in [0.05, 0.1) is 5.52 Å². The zero-order valence-corrected chi connectivity index (χ0v) is 24.1. The molecule has 43 heavy (non-hydrogen) atoms. The Labute approximate surface area is 251 Å². The van der Waals surface area contributed by atoms with E-state index in [1.807, 2.05) is 12.3 Å². The second-order valence-electron chi connectivity index (χ2n) is 11.8. The lowest BCUT2D eigenvalue weighted by molar-refractivity contribution is 0.489.